The number of hydrogen-bond acceptors (Lipinski definition) is 2. The van der Waals surface area contributed by atoms with E-state index in [1.165, 1.54) is 0 Å². The molecule has 0 fully saturated rings. The first-order valence-electron chi connectivity index (χ1n) is 4.72. The van der Waals surface area contributed by atoms with Crippen molar-refractivity contribution in [3.63, 3.8) is 0 Å². The van der Waals surface area contributed by atoms with Crippen molar-refractivity contribution in [2.45, 2.75) is 0 Å². The van der Waals surface area contributed by atoms with Crippen molar-refractivity contribution in [1.29, 1.82) is 0 Å². The SMILES string of the molecule is Cn1ccc(NC(=O)c2cccc(Cl)c2)n1. The number of anilines is 1. The van der Waals surface area contributed by atoms with Gasteiger partial charge >= 0.3 is 0 Å². The first-order valence-corrected chi connectivity index (χ1v) is 5.09. The van der Waals surface area contributed by atoms with E-state index in [2.05, 4.69) is 10.4 Å². The largest absolute Gasteiger partial charge is 0.305 e. The molecule has 2 aromatic rings. The molecule has 0 atom stereocenters. The maximum absolute atomic E-state index is 11.8. The Kier molecular flexibility index (Phi) is 2.92. The van der Waals surface area contributed by atoms with Gasteiger partial charge in [0.2, 0.25) is 0 Å². The monoisotopic (exact) mass is 235 g/mol. The Morgan fingerprint density at radius 2 is 2.25 bits per heavy atom. The minimum atomic E-state index is -0.221. The smallest absolute Gasteiger partial charge is 0.256 e. The van der Waals surface area contributed by atoms with Gasteiger partial charge in [0.25, 0.3) is 5.91 Å². The van der Waals surface area contributed by atoms with Crippen LogP contribution in [0.5, 0.6) is 0 Å². The number of aryl methyl sites for hydroxylation is 1. The molecule has 0 radical (unpaired) electrons. The van der Waals surface area contributed by atoms with Gasteiger partial charge in [0.1, 0.15) is 0 Å². The highest BCUT2D eigenvalue weighted by Gasteiger charge is 2.07. The van der Waals surface area contributed by atoms with Crippen molar-refractivity contribution < 1.29 is 4.79 Å². The first kappa shape index (κ1) is 10.7. The number of nitrogens with one attached hydrogen (secondary N) is 1. The Morgan fingerprint density at radius 1 is 1.44 bits per heavy atom. The van der Waals surface area contributed by atoms with Crippen LogP contribution < -0.4 is 5.32 Å². The Morgan fingerprint density at radius 3 is 2.88 bits per heavy atom. The van der Waals surface area contributed by atoms with Gasteiger partial charge in [-0.1, -0.05) is 17.7 Å². The Bertz CT molecular complexity index is 521. The number of aromatic nitrogens is 2. The van der Waals surface area contributed by atoms with Crippen LogP contribution in [-0.4, -0.2) is 15.7 Å². The molecule has 0 spiro atoms. The van der Waals surface area contributed by atoms with Crippen LogP contribution in [-0.2, 0) is 7.05 Å². The minimum absolute atomic E-state index is 0.221. The van der Waals surface area contributed by atoms with Crippen LogP contribution in [0.25, 0.3) is 0 Å². The highest BCUT2D eigenvalue weighted by atomic mass is 35.5. The molecule has 0 unspecified atom stereocenters. The van der Waals surface area contributed by atoms with E-state index in [1.807, 2.05) is 0 Å². The topological polar surface area (TPSA) is 46.9 Å². The van der Waals surface area contributed by atoms with Gasteiger partial charge in [-0.2, -0.15) is 5.10 Å². The summed E-state index contributed by atoms with van der Waals surface area (Å²) in [5.74, 6) is 0.300. The van der Waals surface area contributed by atoms with E-state index in [4.69, 9.17) is 11.6 Å². The fourth-order valence-electron chi connectivity index (χ4n) is 1.30. The number of amides is 1. The summed E-state index contributed by atoms with van der Waals surface area (Å²) in [5, 5.41) is 7.26. The number of hydrogen-bond donors (Lipinski definition) is 1. The quantitative estimate of drug-likeness (QED) is 0.869. The predicted molar refractivity (Wildman–Crippen MR) is 62.6 cm³/mol. The van der Waals surface area contributed by atoms with E-state index in [0.29, 0.717) is 16.4 Å². The zero-order chi connectivity index (χ0) is 11.5. The molecule has 4 nitrogen and oxygen atoms in total. The summed E-state index contributed by atoms with van der Waals surface area (Å²) in [6.45, 7) is 0. The number of carbonyl (C=O) groups is 1. The summed E-state index contributed by atoms with van der Waals surface area (Å²) >= 11 is 5.80. The fourth-order valence-corrected chi connectivity index (χ4v) is 1.49. The third-order valence-corrected chi connectivity index (χ3v) is 2.28. The molecule has 0 aliphatic heterocycles. The molecule has 1 amide bonds. The van der Waals surface area contributed by atoms with Gasteiger partial charge in [0, 0.05) is 29.9 Å². The second-order valence-corrected chi connectivity index (χ2v) is 3.78. The molecule has 1 aromatic carbocycles. The molecule has 82 valence electrons. The summed E-state index contributed by atoms with van der Waals surface area (Å²) in [5.41, 5.74) is 0.512. The molecular formula is C11H10ClN3O. The van der Waals surface area contributed by atoms with Gasteiger partial charge in [0.05, 0.1) is 0 Å². The van der Waals surface area contributed by atoms with Gasteiger partial charge in [-0.3, -0.25) is 9.48 Å². The van der Waals surface area contributed by atoms with Crippen molar-refractivity contribution in [1.82, 2.24) is 9.78 Å². The average molecular weight is 236 g/mol. The first-order chi connectivity index (χ1) is 7.65. The van der Waals surface area contributed by atoms with Crippen LogP contribution in [0, 0.1) is 0 Å². The van der Waals surface area contributed by atoms with Crippen LogP contribution in [0.1, 0.15) is 10.4 Å². The van der Waals surface area contributed by atoms with Crippen LogP contribution in [0.3, 0.4) is 0 Å². The number of nitrogens with zero attached hydrogens (tertiary/aromatic N) is 2. The normalized spacial score (nSPS) is 10.1. The van der Waals surface area contributed by atoms with E-state index in [9.17, 15) is 4.79 Å². The molecule has 0 saturated heterocycles. The van der Waals surface area contributed by atoms with Gasteiger partial charge in [0.15, 0.2) is 5.82 Å². The molecule has 0 aliphatic rings. The number of benzene rings is 1. The van der Waals surface area contributed by atoms with Crippen molar-refractivity contribution in [3.8, 4) is 0 Å². The Balaban J connectivity index is 2.14. The lowest BCUT2D eigenvalue weighted by Crippen LogP contribution is -2.12. The Labute approximate surface area is 97.8 Å². The van der Waals surface area contributed by atoms with E-state index in [-0.39, 0.29) is 5.91 Å². The zero-order valence-corrected chi connectivity index (χ0v) is 9.40. The van der Waals surface area contributed by atoms with Crippen LogP contribution in [0.15, 0.2) is 36.5 Å². The summed E-state index contributed by atoms with van der Waals surface area (Å²) in [6, 6.07) is 8.49. The molecular weight excluding hydrogens is 226 g/mol. The lowest BCUT2D eigenvalue weighted by Gasteiger charge is -2.01. The van der Waals surface area contributed by atoms with Crippen molar-refractivity contribution in [2.24, 2.45) is 7.05 Å². The molecule has 5 heteroatoms. The standard InChI is InChI=1S/C11H10ClN3O/c1-15-6-5-10(14-15)13-11(16)8-3-2-4-9(12)7-8/h2-7H,1H3,(H,13,14,16). The zero-order valence-electron chi connectivity index (χ0n) is 8.64. The summed E-state index contributed by atoms with van der Waals surface area (Å²) < 4.78 is 1.62. The fraction of sp³-hybridized carbons (Fsp3) is 0.0909. The predicted octanol–water partition coefficient (Wildman–Crippen LogP) is 2.33. The highest BCUT2D eigenvalue weighted by Crippen LogP contribution is 2.12. The molecule has 0 aliphatic carbocycles. The van der Waals surface area contributed by atoms with Crippen LogP contribution in [0.4, 0.5) is 5.82 Å². The maximum Gasteiger partial charge on any atom is 0.256 e. The van der Waals surface area contributed by atoms with Crippen molar-refractivity contribution in [2.75, 3.05) is 5.32 Å². The molecule has 1 aromatic heterocycles. The molecule has 2 rings (SSSR count). The van der Waals surface area contributed by atoms with Crippen molar-refractivity contribution >= 4 is 23.3 Å². The molecule has 16 heavy (non-hydrogen) atoms. The average Bonchev–Trinajstić information content (AvgIpc) is 2.64. The number of halogens is 1. The molecule has 0 bridgehead atoms. The van der Waals surface area contributed by atoms with E-state index in [1.54, 1.807) is 48.3 Å². The number of carbonyl (C=O) groups excluding carboxylic acids is 1. The van der Waals surface area contributed by atoms with Crippen LogP contribution in [0.2, 0.25) is 5.02 Å². The number of rotatable bonds is 2. The van der Waals surface area contributed by atoms with Gasteiger partial charge in [-0.15, -0.1) is 0 Å². The highest BCUT2D eigenvalue weighted by molar-refractivity contribution is 6.31. The lowest BCUT2D eigenvalue weighted by molar-refractivity contribution is 0.102. The third kappa shape index (κ3) is 2.41. The van der Waals surface area contributed by atoms with E-state index >= 15 is 0 Å². The lowest BCUT2D eigenvalue weighted by atomic mass is 10.2. The van der Waals surface area contributed by atoms with E-state index in [0.717, 1.165) is 0 Å². The van der Waals surface area contributed by atoms with Gasteiger partial charge < -0.3 is 5.32 Å². The summed E-state index contributed by atoms with van der Waals surface area (Å²) in [4.78, 5) is 11.8. The third-order valence-electron chi connectivity index (χ3n) is 2.04. The second-order valence-electron chi connectivity index (χ2n) is 3.34. The Hall–Kier alpha value is -1.81. The summed E-state index contributed by atoms with van der Waals surface area (Å²) in [7, 11) is 1.79. The molecule has 1 N–H and O–H groups in total. The van der Waals surface area contributed by atoms with Gasteiger partial charge in [-0.25, -0.2) is 0 Å². The van der Waals surface area contributed by atoms with Gasteiger partial charge in [-0.05, 0) is 18.2 Å². The maximum atomic E-state index is 11.8. The van der Waals surface area contributed by atoms with E-state index < -0.39 is 0 Å². The molecule has 0 saturated carbocycles. The molecule has 1 heterocycles. The van der Waals surface area contributed by atoms with Crippen LogP contribution >= 0.6 is 11.6 Å². The second kappa shape index (κ2) is 4.37. The summed E-state index contributed by atoms with van der Waals surface area (Å²) in [6.07, 6.45) is 1.76. The van der Waals surface area contributed by atoms with Crippen molar-refractivity contribution in [3.05, 3.63) is 47.1 Å². The minimum Gasteiger partial charge on any atom is -0.305 e.